The second kappa shape index (κ2) is 17.9. The number of hydrogen-bond acceptors (Lipinski definition) is 0. The predicted octanol–water partition coefficient (Wildman–Crippen LogP) is 0.898. The van der Waals surface area contributed by atoms with Gasteiger partial charge in [0.1, 0.15) is 0 Å². The van der Waals surface area contributed by atoms with Gasteiger partial charge in [0.05, 0.1) is 0 Å². The van der Waals surface area contributed by atoms with E-state index in [1.54, 1.807) is 0 Å². The van der Waals surface area contributed by atoms with Crippen molar-refractivity contribution in [2.45, 2.75) is 0 Å². The summed E-state index contributed by atoms with van der Waals surface area (Å²) < 4.78 is 0. The van der Waals surface area contributed by atoms with Crippen LogP contribution < -0.4 is 102 Å². The van der Waals surface area contributed by atoms with E-state index >= 15 is 0 Å². The molecule has 6 aromatic rings. The molecule has 40 heavy (non-hydrogen) atoms. The van der Waals surface area contributed by atoms with Crippen LogP contribution in [0.5, 0.6) is 0 Å². The van der Waals surface area contributed by atoms with E-state index in [2.05, 4.69) is 182 Å². The summed E-state index contributed by atoms with van der Waals surface area (Å²) in [5.74, 6) is 0. The van der Waals surface area contributed by atoms with Crippen molar-refractivity contribution in [1.82, 2.24) is 0 Å². The first-order valence-corrected chi connectivity index (χ1v) is 15.5. The maximum absolute atomic E-state index is 2.23. The molecule has 0 aliphatic heterocycles. The van der Waals surface area contributed by atoms with Crippen molar-refractivity contribution >= 4 is 47.7 Å². The summed E-state index contributed by atoms with van der Waals surface area (Å²) in [5, 5.41) is 8.39. The molecule has 0 nitrogen and oxygen atoms in total. The Bertz CT molecular complexity index is 1180. The summed E-state index contributed by atoms with van der Waals surface area (Å²) in [7, 11) is -0.892. The Morgan fingerprint density at radius 3 is 0.475 bits per heavy atom. The Morgan fingerprint density at radius 1 is 0.225 bits per heavy atom. The van der Waals surface area contributed by atoms with E-state index in [1.165, 1.54) is 31.8 Å². The minimum Gasteiger partial charge on any atom is -1.00 e. The molecule has 0 saturated carbocycles. The molecule has 0 radical (unpaired) electrons. The Morgan fingerprint density at radius 2 is 0.350 bits per heavy atom. The minimum atomic E-state index is -0.446. The van der Waals surface area contributed by atoms with Crippen LogP contribution in [-0.4, -0.2) is 0 Å². The standard InChI is InChI=1S/2C18H15P.ClH.Rb/c2*1-4-10-16(11-5-1)19(17-12-6-2-7-13-17)18-14-8-3-9-15-18;;/h2*1-15H;1H;/q;;;+1/p-1. The van der Waals surface area contributed by atoms with Gasteiger partial charge in [-0.2, -0.15) is 0 Å². The fourth-order valence-electron chi connectivity index (χ4n) is 4.36. The van der Waals surface area contributed by atoms with Gasteiger partial charge in [0.25, 0.3) is 0 Å². The Balaban J connectivity index is 0.000000210. The van der Waals surface area contributed by atoms with Crippen LogP contribution in [0.15, 0.2) is 182 Å². The van der Waals surface area contributed by atoms with Crippen LogP contribution in [0.1, 0.15) is 0 Å². The molecule has 0 unspecified atom stereocenters. The molecule has 0 spiro atoms. The first-order valence-electron chi connectivity index (χ1n) is 12.8. The van der Waals surface area contributed by atoms with Crippen LogP contribution in [0.3, 0.4) is 0 Å². The molecular formula is C36H30ClP2Rb. The Hall–Kier alpha value is -1.72. The second-order valence-corrected chi connectivity index (χ2v) is 13.1. The second-order valence-electron chi connectivity index (χ2n) is 8.68. The molecule has 0 atom stereocenters. The van der Waals surface area contributed by atoms with Gasteiger partial charge < -0.3 is 12.4 Å². The molecule has 0 aliphatic rings. The van der Waals surface area contributed by atoms with Crippen LogP contribution in [0.25, 0.3) is 0 Å². The maximum Gasteiger partial charge on any atom is 1.00 e. The summed E-state index contributed by atoms with van der Waals surface area (Å²) >= 11 is 0. The van der Waals surface area contributed by atoms with Gasteiger partial charge in [-0.3, -0.25) is 0 Å². The predicted molar refractivity (Wildman–Crippen MR) is 170 cm³/mol. The molecule has 0 amide bonds. The molecule has 0 aromatic heterocycles. The number of benzene rings is 6. The monoisotopic (exact) mass is 644 g/mol. The van der Waals surface area contributed by atoms with Crippen LogP contribution in [0.4, 0.5) is 0 Å². The summed E-state index contributed by atoms with van der Waals surface area (Å²) in [6.45, 7) is 0. The van der Waals surface area contributed by atoms with Crippen LogP contribution in [0, 0.1) is 0 Å². The van der Waals surface area contributed by atoms with Gasteiger partial charge in [-0.1, -0.05) is 182 Å². The molecule has 0 fully saturated rings. The zero-order valence-corrected chi connectivity index (χ0v) is 30.1. The molecule has 6 rings (SSSR count). The van der Waals surface area contributed by atoms with E-state index < -0.39 is 15.8 Å². The molecule has 0 heterocycles. The zero-order chi connectivity index (χ0) is 25.8. The van der Waals surface area contributed by atoms with Gasteiger partial charge >= 0.3 is 58.2 Å². The summed E-state index contributed by atoms with van der Waals surface area (Å²) in [5.41, 5.74) is 0. The minimum absolute atomic E-state index is 0. The zero-order valence-electron chi connectivity index (χ0n) is 22.6. The molecule has 0 N–H and O–H groups in total. The molecule has 192 valence electrons. The van der Waals surface area contributed by atoms with Crippen molar-refractivity contribution in [2.75, 3.05) is 0 Å². The van der Waals surface area contributed by atoms with Crippen LogP contribution in [-0.2, 0) is 0 Å². The van der Waals surface area contributed by atoms with Crippen molar-refractivity contribution < 1.29 is 70.6 Å². The first-order chi connectivity index (χ1) is 18.9. The fourth-order valence-corrected chi connectivity index (χ4v) is 8.97. The van der Waals surface area contributed by atoms with Crippen LogP contribution >= 0.6 is 15.8 Å². The first kappa shape index (κ1) is 32.8. The van der Waals surface area contributed by atoms with Crippen molar-refractivity contribution in [2.24, 2.45) is 0 Å². The summed E-state index contributed by atoms with van der Waals surface area (Å²) in [6.07, 6.45) is 0. The van der Waals surface area contributed by atoms with E-state index in [0.29, 0.717) is 0 Å². The average molecular weight is 646 g/mol. The third kappa shape index (κ3) is 9.14. The molecular weight excluding hydrogens is 615 g/mol. The quantitative estimate of drug-likeness (QED) is 0.237. The van der Waals surface area contributed by atoms with Gasteiger partial charge in [-0.05, 0) is 47.7 Å². The van der Waals surface area contributed by atoms with Crippen molar-refractivity contribution in [3.63, 3.8) is 0 Å². The van der Waals surface area contributed by atoms with Gasteiger partial charge in [-0.15, -0.1) is 0 Å². The van der Waals surface area contributed by atoms with E-state index in [1.807, 2.05) is 0 Å². The van der Waals surface area contributed by atoms with Crippen molar-refractivity contribution in [3.05, 3.63) is 182 Å². The van der Waals surface area contributed by atoms with E-state index in [-0.39, 0.29) is 70.6 Å². The van der Waals surface area contributed by atoms with E-state index in [9.17, 15) is 0 Å². The largest absolute Gasteiger partial charge is 1.00 e. The average Bonchev–Trinajstić information content (AvgIpc) is 3.01. The molecule has 0 bridgehead atoms. The van der Waals surface area contributed by atoms with Gasteiger partial charge in [0.2, 0.25) is 0 Å². The summed E-state index contributed by atoms with van der Waals surface area (Å²) in [6, 6.07) is 64.7. The van der Waals surface area contributed by atoms with Crippen molar-refractivity contribution in [3.8, 4) is 0 Å². The Labute approximate surface area is 296 Å². The molecule has 6 aromatic carbocycles. The smallest absolute Gasteiger partial charge is 1.00 e. The van der Waals surface area contributed by atoms with E-state index in [0.717, 1.165) is 0 Å². The fraction of sp³-hybridized carbons (Fsp3) is 0. The molecule has 0 aliphatic carbocycles. The maximum atomic E-state index is 2.23. The van der Waals surface area contributed by atoms with E-state index in [4.69, 9.17) is 0 Å². The Kier molecular flexibility index (Phi) is 14.7. The van der Waals surface area contributed by atoms with Crippen LogP contribution in [0.2, 0.25) is 0 Å². The molecule has 0 saturated heterocycles. The normalized spacial score (nSPS) is 10.1. The van der Waals surface area contributed by atoms with Gasteiger partial charge in [-0.25, -0.2) is 0 Å². The SMILES string of the molecule is [Cl-].[Rb+].c1ccc(P(c2ccccc2)c2ccccc2)cc1.c1ccc(P(c2ccccc2)c2ccccc2)cc1. The third-order valence-corrected chi connectivity index (χ3v) is 11.0. The van der Waals surface area contributed by atoms with Crippen molar-refractivity contribution in [1.29, 1.82) is 0 Å². The number of halogens is 1. The van der Waals surface area contributed by atoms with Gasteiger partial charge in [0.15, 0.2) is 0 Å². The topological polar surface area (TPSA) is 0 Å². The van der Waals surface area contributed by atoms with Gasteiger partial charge in [0, 0.05) is 0 Å². The third-order valence-electron chi connectivity index (χ3n) is 6.09. The summed E-state index contributed by atoms with van der Waals surface area (Å²) in [4.78, 5) is 0. The number of hydrogen-bond donors (Lipinski definition) is 0. The number of rotatable bonds is 6. The molecule has 4 heteroatoms.